The summed E-state index contributed by atoms with van der Waals surface area (Å²) < 4.78 is 10.3. The standard InChI is InChI=1S/C17H21NO5/c1-3-4-11(2)18-16(20)10-23-17(21)7-12-9-22-15-8-13(19)5-6-14(12)15/h5-6,8-9,11,19H,3-4,7,10H2,1-2H3,(H,18,20)/t11-/m0/s1. The maximum atomic E-state index is 11.8. The van der Waals surface area contributed by atoms with Gasteiger partial charge in [0.2, 0.25) is 0 Å². The average Bonchev–Trinajstić information content (AvgIpc) is 2.87. The van der Waals surface area contributed by atoms with E-state index in [4.69, 9.17) is 9.15 Å². The summed E-state index contributed by atoms with van der Waals surface area (Å²) in [5.74, 6) is -0.709. The van der Waals surface area contributed by atoms with E-state index < -0.39 is 5.97 Å². The third kappa shape index (κ3) is 4.74. The molecule has 0 fully saturated rings. The van der Waals surface area contributed by atoms with Crippen LogP contribution in [0.5, 0.6) is 5.75 Å². The number of ether oxygens (including phenoxy) is 1. The highest BCUT2D eigenvalue weighted by Crippen LogP contribution is 2.25. The second kappa shape index (κ2) is 7.67. The van der Waals surface area contributed by atoms with Gasteiger partial charge in [-0.05, 0) is 25.5 Å². The number of phenolic OH excluding ortho intramolecular Hbond substituents is 1. The lowest BCUT2D eigenvalue weighted by Crippen LogP contribution is -2.35. The number of hydrogen-bond acceptors (Lipinski definition) is 5. The minimum absolute atomic E-state index is 0.00949. The van der Waals surface area contributed by atoms with Crippen LogP contribution in [0.2, 0.25) is 0 Å². The summed E-state index contributed by atoms with van der Waals surface area (Å²) in [7, 11) is 0. The van der Waals surface area contributed by atoms with Crippen LogP contribution in [-0.2, 0) is 20.7 Å². The molecule has 0 spiro atoms. The van der Waals surface area contributed by atoms with E-state index in [-0.39, 0.29) is 30.7 Å². The van der Waals surface area contributed by atoms with Gasteiger partial charge in [0, 0.05) is 23.1 Å². The number of nitrogens with one attached hydrogen (secondary N) is 1. The first-order valence-electron chi connectivity index (χ1n) is 7.63. The zero-order chi connectivity index (χ0) is 16.8. The van der Waals surface area contributed by atoms with Gasteiger partial charge in [0.15, 0.2) is 6.61 Å². The summed E-state index contributed by atoms with van der Waals surface area (Å²) in [5.41, 5.74) is 1.16. The molecule has 0 bridgehead atoms. The largest absolute Gasteiger partial charge is 0.508 e. The Morgan fingerprint density at radius 1 is 1.39 bits per heavy atom. The van der Waals surface area contributed by atoms with Crippen LogP contribution in [-0.4, -0.2) is 29.6 Å². The molecule has 124 valence electrons. The van der Waals surface area contributed by atoms with E-state index in [0.29, 0.717) is 11.1 Å². The van der Waals surface area contributed by atoms with Crippen molar-refractivity contribution >= 4 is 22.8 Å². The van der Waals surface area contributed by atoms with E-state index in [9.17, 15) is 14.7 Å². The first-order valence-corrected chi connectivity index (χ1v) is 7.63. The van der Waals surface area contributed by atoms with E-state index in [1.807, 2.05) is 13.8 Å². The van der Waals surface area contributed by atoms with Crippen LogP contribution in [0.1, 0.15) is 32.3 Å². The Bertz CT molecular complexity index is 691. The van der Waals surface area contributed by atoms with Crippen LogP contribution in [0, 0.1) is 0 Å². The first-order chi connectivity index (χ1) is 11.0. The number of amides is 1. The van der Waals surface area contributed by atoms with E-state index in [1.54, 1.807) is 6.07 Å². The molecule has 0 aliphatic heterocycles. The fraction of sp³-hybridized carbons (Fsp3) is 0.412. The SMILES string of the molecule is CCC[C@H](C)NC(=O)COC(=O)Cc1coc2cc(O)ccc12. The van der Waals surface area contributed by atoms with Gasteiger partial charge < -0.3 is 19.6 Å². The number of rotatable bonds is 7. The number of phenols is 1. The fourth-order valence-electron chi connectivity index (χ4n) is 2.38. The minimum atomic E-state index is -0.501. The molecule has 2 N–H and O–H groups in total. The van der Waals surface area contributed by atoms with Crippen LogP contribution in [0.3, 0.4) is 0 Å². The van der Waals surface area contributed by atoms with Crippen molar-refractivity contribution in [2.75, 3.05) is 6.61 Å². The van der Waals surface area contributed by atoms with Gasteiger partial charge in [-0.2, -0.15) is 0 Å². The van der Waals surface area contributed by atoms with E-state index >= 15 is 0 Å². The number of carbonyl (C=O) groups is 2. The molecule has 1 amide bonds. The Hall–Kier alpha value is -2.50. The number of esters is 1. The lowest BCUT2D eigenvalue weighted by Gasteiger charge is -2.12. The fourth-order valence-corrected chi connectivity index (χ4v) is 2.38. The van der Waals surface area contributed by atoms with Crippen molar-refractivity contribution in [3.63, 3.8) is 0 Å². The molecule has 2 rings (SSSR count). The van der Waals surface area contributed by atoms with E-state index in [2.05, 4.69) is 5.32 Å². The molecule has 0 saturated carbocycles. The molecule has 0 saturated heterocycles. The van der Waals surface area contributed by atoms with Crippen molar-refractivity contribution in [2.45, 2.75) is 39.2 Å². The molecule has 0 unspecified atom stereocenters. The lowest BCUT2D eigenvalue weighted by atomic mass is 10.1. The second-order valence-corrected chi connectivity index (χ2v) is 5.54. The van der Waals surface area contributed by atoms with Crippen LogP contribution in [0.15, 0.2) is 28.9 Å². The summed E-state index contributed by atoms with van der Waals surface area (Å²) in [4.78, 5) is 23.5. The topological polar surface area (TPSA) is 88.8 Å². The summed E-state index contributed by atoms with van der Waals surface area (Å²) in [6.07, 6.45) is 3.32. The molecule has 2 aromatic rings. The van der Waals surface area contributed by atoms with Crippen LogP contribution in [0.25, 0.3) is 11.0 Å². The van der Waals surface area contributed by atoms with Gasteiger partial charge in [-0.3, -0.25) is 9.59 Å². The molecule has 6 heteroatoms. The molecule has 1 heterocycles. The van der Waals surface area contributed by atoms with Crippen molar-refractivity contribution < 1.29 is 23.8 Å². The van der Waals surface area contributed by atoms with Crippen molar-refractivity contribution in [2.24, 2.45) is 0 Å². The number of carbonyl (C=O) groups excluding carboxylic acids is 2. The van der Waals surface area contributed by atoms with Crippen LogP contribution < -0.4 is 5.32 Å². The van der Waals surface area contributed by atoms with Crippen LogP contribution in [0.4, 0.5) is 0 Å². The highest BCUT2D eigenvalue weighted by Gasteiger charge is 2.14. The molecule has 1 atom stereocenters. The number of benzene rings is 1. The van der Waals surface area contributed by atoms with Gasteiger partial charge in [-0.1, -0.05) is 13.3 Å². The number of fused-ring (bicyclic) bond motifs is 1. The number of aromatic hydroxyl groups is 1. The molecule has 1 aromatic heterocycles. The Morgan fingerprint density at radius 3 is 2.91 bits per heavy atom. The minimum Gasteiger partial charge on any atom is -0.508 e. The third-order valence-corrected chi connectivity index (χ3v) is 3.47. The molecule has 0 radical (unpaired) electrons. The summed E-state index contributed by atoms with van der Waals surface area (Å²) >= 11 is 0. The maximum absolute atomic E-state index is 11.8. The zero-order valence-electron chi connectivity index (χ0n) is 13.3. The van der Waals surface area contributed by atoms with Gasteiger partial charge in [-0.25, -0.2) is 0 Å². The van der Waals surface area contributed by atoms with Gasteiger partial charge in [0.05, 0.1) is 12.7 Å². The molecule has 1 aromatic carbocycles. The van der Waals surface area contributed by atoms with Crippen LogP contribution >= 0.6 is 0 Å². The smallest absolute Gasteiger partial charge is 0.310 e. The molecule has 23 heavy (non-hydrogen) atoms. The highest BCUT2D eigenvalue weighted by molar-refractivity contribution is 5.87. The monoisotopic (exact) mass is 319 g/mol. The Balaban J connectivity index is 1.85. The molecular weight excluding hydrogens is 298 g/mol. The van der Waals surface area contributed by atoms with Crippen molar-refractivity contribution in [1.82, 2.24) is 5.32 Å². The highest BCUT2D eigenvalue weighted by atomic mass is 16.5. The maximum Gasteiger partial charge on any atom is 0.310 e. The normalized spacial score (nSPS) is 12.1. The zero-order valence-corrected chi connectivity index (χ0v) is 13.3. The molecule has 0 aliphatic carbocycles. The second-order valence-electron chi connectivity index (χ2n) is 5.54. The summed E-state index contributed by atoms with van der Waals surface area (Å²) in [5, 5.41) is 12.9. The summed E-state index contributed by atoms with van der Waals surface area (Å²) in [6.45, 7) is 3.66. The number of furan rings is 1. The predicted octanol–water partition coefficient (Wildman–Crippen LogP) is 2.53. The van der Waals surface area contributed by atoms with Gasteiger partial charge in [-0.15, -0.1) is 0 Å². The van der Waals surface area contributed by atoms with E-state index in [1.165, 1.54) is 18.4 Å². The summed E-state index contributed by atoms with van der Waals surface area (Å²) in [6, 6.07) is 4.74. The molecular formula is C17H21NO5. The molecule has 0 aliphatic rings. The third-order valence-electron chi connectivity index (χ3n) is 3.47. The van der Waals surface area contributed by atoms with Gasteiger partial charge in [0.25, 0.3) is 5.91 Å². The van der Waals surface area contributed by atoms with Crippen molar-refractivity contribution in [3.8, 4) is 5.75 Å². The average molecular weight is 319 g/mol. The van der Waals surface area contributed by atoms with Gasteiger partial charge in [0.1, 0.15) is 11.3 Å². The Kier molecular flexibility index (Phi) is 5.62. The Morgan fingerprint density at radius 2 is 2.17 bits per heavy atom. The lowest BCUT2D eigenvalue weighted by molar-refractivity contribution is -0.148. The Labute approximate surface area is 134 Å². The predicted molar refractivity (Wildman–Crippen MR) is 85.1 cm³/mol. The molecule has 6 nitrogen and oxygen atoms in total. The van der Waals surface area contributed by atoms with E-state index in [0.717, 1.165) is 18.2 Å². The van der Waals surface area contributed by atoms with Gasteiger partial charge >= 0.3 is 5.97 Å². The first kappa shape index (κ1) is 16.9. The van der Waals surface area contributed by atoms with Crippen molar-refractivity contribution in [3.05, 3.63) is 30.0 Å². The number of hydrogen-bond donors (Lipinski definition) is 2. The quantitative estimate of drug-likeness (QED) is 0.766. The van der Waals surface area contributed by atoms with Crippen molar-refractivity contribution in [1.29, 1.82) is 0 Å².